The van der Waals surface area contributed by atoms with Crippen LogP contribution in [0.25, 0.3) is 5.69 Å². The summed E-state index contributed by atoms with van der Waals surface area (Å²) in [5.74, 6) is -0.596. The molecule has 0 aliphatic carbocycles. The van der Waals surface area contributed by atoms with Gasteiger partial charge >= 0.3 is 5.69 Å². The fraction of sp³-hybridized carbons (Fsp3) is 0.474. The van der Waals surface area contributed by atoms with Gasteiger partial charge in [0.1, 0.15) is 0 Å². The van der Waals surface area contributed by atoms with Gasteiger partial charge < -0.3 is 10.1 Å². The lowest BCUT2D eigenvalue weighted by Gasteiger charge is -2.13. The molecular formula is C19H24N4O4. The number of hydrogen-bond donors (Lipinski definition) is 1. The summed E-state index contributed by atoms with van der Waals surface area (Å²) >= 11 is 0. The number of carbonyl (C=O) groups excluding carboxylic acids is 1. The standard InChI is InChI=1S/C19H24N4O4/c1-3-10-22-18(25)16(17(24)20-12-15-5-4-11-27-15)21-23(19(22)26)14-8-6-13(2)7-9-14/h6-9,15H,3-5,10-12H2,1-2H3,(H,20,24). The van der Waals surface area contributed by atoms with E-state index in [2.05, 4.69) is 10.4 Å². The third-order valence-corrected chi connectivity index (χ3v) is 4.51. The van der Waals surface area contributed by atoms with Gasteiger partial charge in [0.2, 0.25) is 5.69 Å². The van der Waals surface area contributed by atoms with E-state index in [1.54, 1.807) is 12.1 Å². The van der Waals surface area contributed by atoms with Crippen molar-refractivity contribution in [2.45, 2.75) is 45.8 Å². The normalized spacial score (nSPS) is 16.4. The highest BCUT2D eigenvalue weighted by Gasteiger charge is 2.22. The average molecular weight is 372 g/mol. The third kappa shape index (κ3) is 4.16. The predicted octanol–water partition coefficient (Wildman–Crippen LogP) is 1.02. The van der Waals surface area contributed by atoms with Crippen molar-refractivity contribution in [1.29, 1.82) is 0 Å². The van der Waals surface area contributed by atoms with Crippen LogP contribution in [0, 0.1) is 6.92 Å². The van der Waals surface area contributed by atoms with Gasteiger partial charge in [-0.15, -0.1) is 0 Å². The monoisotopic (exact) mass is 372 g/mol. The Morgan fingerprint density at radius 3 is 2.67 bits per heavy atom. The van der Waals surface area contributed by atoms with Crippen LogP contribution in [0.2, 0.25) is 0 Å². The largest absolute Gasteiger partial charge is 0.376 e. The molecule has 1 aliphatic rings. The third-order valence-electron chi connectivity index (χ3n) is 4.51. The molecule has 1 aliphatic heterocycles. The molecule has 2 aromatic rings. The minimum absolute atomic E-state index is 0.0465. The zero-order chi connectivity index (χ0) is 19.4. The molecule has 8 heteroatoms. The Morgan fingerprint density at radius 1 is 1.30 bits per heavy atom. The van der Waals surface area contributed by atoms with E-state index in [4.69, 9.17) is 4.74 Å². The van der Waals surface area contributed by atoms with Gasteiger partial charge in [0, 0.05) is 19.7 Å². The zero-order valence-electron chi connectivity index (χ0n) is 15.6. The zero-order valence-corrected chi connectivity index (χ0v) is 15.6. The van der Waals surface area contributed by atoms with Crippen LogP contribution in [0.1, 0.15) is 42.2 Å². The highest BCUT2D eigenvalue weighted by Crippen LogP contribution is 2.10. The summed E-state index contributed by atoms with van der Waals surface area (Å²) in [5.41, 5.74) is 0.0184. The fourth-order valence-electron chi connectivity index (χ4n) is 3.03. The minimum atomic E-state index is -0.671. The molecule has 1 aromatic carbocycles. The van der Waals surface area contributed by atoms with Crippen molar-refractivity contribution in [3.63, 3.8) is 0 Å². The van der Waals surface area contributed by atoms with Crippen LogP contribution in [0.4, 0.5) is 0 Å². The Kier molecular flexibility index (Phi) is 5.85. The molecule has 0 spiro atoms. The van der Waals surface area contributed by atoms with Gasteiger partial charge in [-0.1, -0.05) is 24.6 Å². The van der Waals surface area contributed by atoms with Crippen molar-refractivity contribution in [3.05, 3.63) is 56.4 Å². The molecule has 1 saturated heterocycles. The molecule has 1 aromatic heterocycles. The second kappa shape index (κ2) is 8.30. The van der Waals surface area contributed by atoms with E-state index >= 15 is 0 Å². The molecule has 27 heavy (non-hydrogen) atoms. The van der Waals surface area contributed by atoms with E-state index in [0.717, 1.165) is 27.7 Å². The van der Waals surface area contributed by atoms with E-state index in [1.807, 2.05) is 26.0 Å². The first kappa shape index (κ1) is 19.0. The Labute approximate surface area is 156 Å². The van der Waals surface area contributed by atoms with Crippen molar-refractivity contribution >= 4 is 5.91 Å². The first-order chi connectivity index (χ1) is 13.0. The second-order valence-corrected chi connectivity index (χ2v) is 6.68. The van der Waals surface area contributed by atoms with Crippen molar-refractivity contribution in [2.24, 2.45) is 0 Å². The summed E-state index contributed by atoms with van der Waals surface area (Å²) in [4.78, 5) is 37.9. The SMILES string of the molecule is CCCn1c(=O)c(C(=O)NCC2CCCO2)nn(-c2ccc(C)cc2)c1=O. The Balaban J connectivity index is 1.99. The number of nitrogens with zero attached hydrogens (tertiary/aromatic N) is 3. The van der Waals surface area contributed by atoms with Crippen LogP contribution in [0.5, 0.6) is 0 Å². The summed E-state index contributed by atoms with van der Waals surface area (Å²) in [7, 11) is 0. The van der Waals surface area contributed by atoms with Crippen molar-refractivity contribution in [2.75, 3.05) is 13.2 Å². The Morgan fingerprint density at radius 2 is 2.04 bits per heavy atom. The van der Waals surface area contributed by atoms with Crippen LogP contribution < -0.4 is 16.6 Å². The van der Waals surface area contributed by atoms with Gasteiger partial charge in [0.15, 0.2) is 0 Å². The van der Waals surface area contributed by atoms with Crippen LogP contribution in [0.15, 0.2) is 33.9 Å². The van der Waals surface area contributed by atoms with Crippen molar-refractivity contribution in [3.8, 4) is 5.69 Å². The lowest BCUT2D eigenvalue weighted by Crippen LogP contribution is -2.46. The van der Waals surface area contributed by atoms with E-state index in [1.165, 1.54) is 0 Å². The lowest BCUT2D eigenvalue weighted by molar-refractivity contribution is 0.0849. The molecule has 2 heterocycles. The van der Waals surface area contributed by atoms with Crippen LogP contribution in [-0.2, 0) is 11.3 Å². The van der Waals surface area contributed by atoms with Crippen molar-refractivity contribution < 1.29 is 9.53 Å². The summed E-state index contributed by atoms with van der Waals surface area (Å²) in [6.45, 7) is 5.01. The topological polar surface area (TPSA) is 95.2 Å². The fourth-order valence-corrected chi connectivity index (χ4v) is 3.03. The van der Waals surface area contributed by atoms with Gasteiger partial charge in [-0.25, -0.2) is 4.79 Å². The smallest absolute Gasteiger partial charge is 0.352 e. The van der Waals surface area contributed by atoms with E-state index in [9.17, 15) is 14.4 Å². The van der Waals surface area contributed by atoms with Crippen LogP contribution >= 0.6 is 0 Å². The quantitative estimate of drug-likeness (QED) is 0.817. The molecule has 3 rings (SSSR count). The summed E-state index contributed by atoms with van der Waals surface area (Å²) in [6, 6.07) is 7.16. The van der Waals surface area contributed by atoms with Crippen molar-refractivity contribution in [1.82, 2.24) is 19.7 Å². The molecule has 1 amide bonds. The molecule has 144 valence electrons. The molecule has 0 radical (unpaired) electrons. The number of aryl methyl sites for hydroxylation is 1. The van der Waals surface area contributed by atoms with Gasteiger partial charge in [-0.3, -0.25) is 14.2 Å². The summed E-state index contributed by atoms with van der Waals surface area (Å²) in [6.07, 6.45) is 2.37. The van der Waals surface area contributed by atoms with Gasteiger partial charge in [0.05, 0.1) is 11.8 Å². The molecule has 8 nitrogen and oxygen atoms in total. The number of rotatable bonds is 6. The second-order valence-electron chi connectivity index (χ2n) is 6.68. The van der Waals surface area contributed by atoms with Crippen LogP contribution in [-0.4, -0.2) is 39.5 Å². The molecule has 1 unspecified atom stereocenters. The number of carbonyl (C=O) groups is 1. The van der Waals surface area contributed by atoms with Gasteiger partial charge in [-0.2, -0.15) is 9.78 Å². The number of nitrogens with one attached hydrogen (secondary N) is 1. The molecular weight excluding hydrogens is 348 g/mol. The van der Waals surface area contributed by atoms with E-state index in [-0.39, 0.29) is 18.3 Å². The Bertz CT molecular complexity index is 924. The first-order valence-corrected chi connectivity index (χ1v) is 9.22. The van der Waals surface area contributed by atoms with Crippen LogP contribution in [0.3, 0.4) is 0 Å². The highest BCUT2D eigenvalue weighted by molar-refractivity contribution is 5.91. The Hall–Kier alpha value is -2.74. The minimum Gasteiger partial charge on any atom is -0.376 e. The molecule has 1 fully saturated rings. The first-order valence-electron chi connectivity index (χ1n) is 9.22. The maximum absolute atomic E-state index is 12.7. The molecule has 0 bridgehead atoms. The summed E-state index contributed by atoms with van der Waals surface area (Å²) in [5, 5.41) is 6.78. The van der Waals surface area contributed by atoms with Gasteiger partial charge in [0.25, 0.3) is 11.5 Å². The number of ether oxygens (including phenoxy) is 1. The van der Waals surface area contributed by atoms with E-state index in [0.29, 0.717) is 25.3 Å². The van der Waals surface area contributed by atoms with Gasteiger partial charge in [-0.05, 0) is 38.3 Å². The highest BCUT2D eigenvalue weighted by atomic mass is 16.5. The summed E-state index contributed by atoms with van der Waals surface area (Å²) < 4.78 is 7.65. The number of amides is 1. The lowest BCUT2D eigenvalue weighted by atomic mass is 10.2. The predicted molar refractivity (Wildman–Crippen MR) is 100 cm³/mol. The molecule has 1 N–H and O–H groups in total. The van der Waals surface area contributed by atoms with E-state index < -0.39 is 17.2 Å². The average Bonchev–Trinajstić information content (AvgIpc) is 3.18. The molecule has 1 atom stereocenters. The number of aromatic nitrogens is 3. The number of hydrogen-bond acceptors (Lipinski definition) is 5. The molecule has 0 saturated carbocycles. The maximum Gasteiger partial charge on any atom is 0.352 e. The maximum atomic E-state index is 12.7. The number of benzene rings is 1.